The minimum Gasteiger partial charge on any atom is -0.382 e. The van der Waals surface area contributed by atoms with Gasteiger partial charge >= 0.3 is 0 Å². The summed E-state index contributed by atoms with van der Waals surface area (Å²) in [5.74, 6) is 0.0771. The number of carbonyl (C=O) groups excluding carboxylic acids is 1. The summed E-state index contributed by atoms with van der Waals surface area (Å²) in [7, 11) is 0. The van der Waals surface area contributed by atoms with Gasteiger partial charge in [0.05, 0.1) is 5.02 Å². The SMILES string of the molecule is Nc1ccc(C(=O)Nc2ncccc2Cl)nn1. The molecule has 7 heteroatoms. The number of halogens is 1. The Morgan fingerprint density at radius 3 is 2.76 bits per heavy atom. The van der Waals surface area contributed by atoms with E-state index in [1.165, 1.54) is 18.3 Å². The Morgan fingerprint density at radius 1 is 1.29 bits per heavy atom. The van der Waals surface area contributed by atoms with Crippen molar-refractivity contribution in [1.29, 1.82) is 0 Å². The number of hydrogen-bond acceptors (Lipinski definition) is 5. The summed E-state index contributed by atoms with van der Waals surface area (Å²) in [6.45, 7) is 0. The van der Waals surface area contributed by atoms with E-state index in [0.717, 1.165) is 0 Å². The molecule has 0 spiro atoms. The van der Waals surface area contributed by atoms with Crippen molar-refractivity contribution < 1.29 is 4.79 Å². The van der Waals surface area contributed by atoms with Crippen LogP contribution in [0.1, 0.15) is 10.5 Å². The van der Waals surface area contributed by atoms with Crippen LogP contribution in [0.5, 0.6) is 0 Å². The number of nitrogen functional groups attached to an aromatic ring is 1. The third-order valence-electron chi connectivity index (χ3n) is 1.91. The number of anilines is 2. The van der Waals surface area contributed by atoms with Crippen molar-refractivity contribution in [3.05, 3.63) is 41.2 Å². The van der Waals surface area contributed by atoms with Gasteiger partial charge in [-0.2, -0.15) is 0 Å². The summed E-state index contributed by atoms with van der Waals surface area (Å²) < 4.78 is 0. The predicted octanol–water partition coefficient (Wildman–Crippen LogP) is 1.36. The summed E-state index contributed by atoms with van der Waals surface area (Å²) in [6, 6.07) is 6.25. The maximum Gasteiger partial charge on any atom is 0.277 e. The van der Waals surface area contributed by atoms with E-state index in [9.17, 15) is 4.79 Å². The predicted molar refractivity (Wildman–Crippen MR) is 63.6 cm³/mol. The number of nitrogens with zero attached hydrogens (tertiary/aromatic N) is 3. The van der Waals surface area contributed by atoms with Gasteiger partial charge in [0.15, 0.2) is 11.5 Å². The van der Waals surface area contributed by atoms with Gasteiger partial charge < -0.3 is 11.1 Å². The van der Waals surface area contributed by atoms with Gasteiger partial charge in [0, 0.05) is 6.20 Å². The molecule has 0 aromatic carbocycles. The van der Waals surface area contributed by atoms with Gasteiger partial charge in [0.2, 0.25) is 0 Å². The van der Waals surface area contributed by atoms with Crippen LogP contribution in [0.15, 0.2) is 30.5 Å². The van der Waals surface area contributed by atoms with Gasteiger partial charge in [-0.25, -0.2) is 4.98 Å². The number of rotatable bonds is 2. The lowest BCUT2D eigenvalue weighted by Crippen LogP contribution is -2.15. The van der Waals surface area contributed by atoms with Crippen molar-refractivity contribution in [2.75, 3.05) is 11.1 Å². The van der Waals surface area contributed by atoms with Gasteiger partial charge in [-0.1, -0.05) is 11.6 Å². The zero-order valence-corrected chi connectivity index (χ0v) is 9.35. The molecule has 6 nitrogen and oxygen atoms in total. The lowest BCUT2D eigenvalue weighted by atomic mass is 10.3. The first-order chi connectivity index (χ1) is 8.16. The van der Waals surface area contributed by atoms with Crippen LogP contribution in [0, 0.1) is 0 Å². The van der Waals surface area contributed by atoms with E-state index in [0.29, 0.717) is 5.02 Å². The number of carbonyl (C=O) groups is 1. The number of nitrogens with one attached hydrogen (secondary N) is 1. The number of pyridine rings is 1. The second-order valence-corrected chi connectivity index (χ2v) is 3.54. The highest BCUT2D eigenvalue weighted by Gasteiger charge is 2.10. The highest BCUT2D eigenvalue weighted by Crippen LogP contribution is 2.17. The second-order valence-electron chi connectivity index (χ2n) is 3.13. The number of amides is 1. The van der Waals surface area contributed by atoms with Crippen molar-refractivity contribution in [3.63, 3.8) is 0 Å². The van der Waals surface area contributed by atoms with E-state index >= 15 is 0 Å². The number of nitrogens with two attached hydrogens (primary N) is 1. The van der Waals surface area contributed by atoms with E-state index in [1.54, 1.807) is 12.1 Å². The van der Waals surface area contributed by atoms with Crippen molar-refractivity contribution in [2.45, 2.75) is 0 Å². The molecule has 0 bridgehead atoms. The Labute approximate surface area is 102 Å². The molecule has 2 aromatic heterocycles. The molecule has 2 aromatic rings. The van der Waals surface area contributed by atoms with Crippen LogP contribution in [0.25, 0.3) is 0 Å². The van der Waals surface area contributed by atoms with E-state index in [-0.39, 0.29) is 17.3 Å². The molecular formula is C10H8ClN5O. The highest BCUT2D eigenvalue weighted by molar-refractivity contribution is 6.33. The summed E-state index contributed by atoms with van der Waals surface area (Å²) in [6.07, 6.45) is 1.52. The van der Waals surface area contributed by atoms with Crippen molar-refractivity contribution in [1.82, 2.24) is 15.2 Å². The van der Waals surface area contributed by atoms with Crippen LogP contribution in [-0.4, -0.2) is 21.1 Å². The quantitative estimate of drug-likeness (QED) is 0.838. The van der Waals surface area contributed by atoms with E-state index < -0.39 is 5.91 Å². The van der Waals surface area contributed by atoms with Gasteiger partial charge in [-0.05, 0) is 24.3 Å². The Balaban J connectivity index is 2.17. The Bertz CT molecular complexity index is 543. The van der Waals surface area contributed by atoms with Crippen molar-refractivity contribution in [2.24, 2.45) is 0 Å². The zero-order chi connectivity index (χ0) is 12.3. The Morgan fingerprint density at radius 2 is 2.12 bits per heavy atom. The largest absolute Gasteiger partial charge is 0.382 e. The summed E-state index contributed by atoms with van der Waals surface area (Å²) in [5.41, 5.74) is 5.50. The molecule has 0 unspecified atom stereocenters. The molecule has 17 heavy (non-hydrogen) atoms. The Hall–Kier alpha value is -2.21. The van der Waals surface area contributed by atoms with Crippen LogP contribution in [0.3, 0.4) is 0 Å². The third kappa shape index (κ3) is 2.67. The molecular weight excluding hydrogens is 242 g/mol. The first-order valence-corrected chi connectivity index (χ1v) is 5.05. The van der Waals surface area contributed by atoms with Crippen LogP contribution < -0.4 is 11.1 Å². The van der Waals surface area contributed by atoms with Gasteiger partial charge in [-0.3, -0.25) is 4.79 Å². The molecule has 0 saturated carbocycles. The standard InChI is InChI=1S/C10H8ClN5O/c11-6-2-1-5-13-9(6)14-10(17)7-3-4-8(12)16-15-7/h1-5H,(H2,12,16)(H,13,14,17). The van der Waals surface area contributed by atoms with Gasteiger partial charge in [0.1, 0.15) is 5.82 Å². The average Bonchev–Trinajstić information content (AvgIpc) is 2.33. The van der Waals surface area contributed by atoms with E-state index in [1.807, 2.05) is 0 Å². The van der Waals surface area contributed by atoms with Crippen LogP contribution >= 0.6 is 11.6 Å². The molecule has 86 valence electrons. The number of hydrogen-bond donors (Lipinski definition) is 2. The topological polar surface area (TPSA) is 93.8 Å². The van der Waals surface area contributed by atoms with Gasteiger partial charge in [-0.15, -0.1) is 10.2 Å². The minimum absolute atomic E-state index is 0.140. The normalized spacial score (nSPS) is 9.94. The molecule has 2 heterocycles. The van der Waals surface area contributed by atoms with E-state index in [2.05, 4.69) is 20.5 Å². The molecule has 2 rings (SSSR count). The monoisotopic (exact) mass is 249 g/mol. The molecule has 1 amide bonds. The first kappa shape index (κ1) is 11.3. The van der Waals surface area contributed by atoms with Gasteiger partial charge in [0.25, 0.3) is 5.91 Å². The second kappa shape index (κ2) is 4.75. The maximum absolute atomic E-state index is 11.7. The third-order valence-corrected chi connectivity index (χ3v) is 2.21. The first-order valence-electron chi connectivity index (χ1n) is 4.68. The van der Waals surface area contributed by atoms with E-state index in [4.69, 9.17) is 17.3 Å². The molecule has 0 aliphatic heterocycles. The molecule has 0 saturated heterocycles. The fourth-order valence-electron chi connectivity index (χ4n) is 1.11. The van der Waals surface area contributed by atoms with Crippen LogP contribution in [0.4, 0.5) is 11.6 Å². The minimum atomic E-state index is -0.446. The maximum atomic E-state index is 11.7. The summed E-state index contributed by atoms with van der Waals surface area (Å²) in [4.78, 5) is 15.6. The smallest absolute Gasteiger partial charge is 0.277 e. The zero-order valence-electron chi connectivity index (χ0n) is 8.59. The molecule has 3 N–H and O–H groups in total. The average molecular weight is 250 g/mol. The highest BCUT2D eigenvalue weighted by atomic mass is 35.5. The fraction of sp³-hybridized carbons (Fsp3) is 0. The molecule has 0 aliphatic carbocycles. The van der Waals surface area contributed by atoms with Crippen LogP contribution in [-0.2, 0) is 0 Å². The van der Waals surface area contributed by atoms with Crippen molar-refractivity contribution in [3.8, 4) is 0 Å². The molecule has 0 atom stereocenters. The number of aromatic nitrogens is 3. The van der Waals surface area contributed by atoms with Crippen molar-refractivity contribution >= 4 is 29.1 Å². The lowest BCUT2D eigenvalue weighted by molar-refractivity contribution is 0.102. The fourth-order valence-corrected chi connectivity index (χ4v) is 1.28. The lowest BCUT2D eigenvalue weighted by Gasteiger charge is -2.04. The summed E-state index contributed by atoms with van der Waals surface area (Å²) >= 11 is 5.85. The van der Waals surface area contributed by atoms with Crippen LogP contribution in [0.2, 0.25) is 5.02 Å². The molecule has 0 aliphatic rings. The summed E-state index contributed by atoms with van der Waals surface area (Å²) in [5, 5.41) is 10.1. The Kier molecular flexibility index (Phi) is 3.15. The molecule has 0 radical (unpaired) electrons. The molecule has 0 fully saturated rings.